The molecule has 0 radical (unpaired) electrons. The van der Waals surface area contributed by atoms with Crippen LogP contribution in [0.5, 0.6) is 0 Å². The van der Waals surface area contributed by atoms with Crippen molar-refractivity contribution in [3.05, 3.63) is 28.6 Å². The Balaban J connectivity index is 1.89. The molecule has 1 aliphatic rings. The van der Waals surface area contributed by atoms with Gasteiger partial charge in [0.05, 0.1) is 11.9 Å². The van der Waals surface area contributed by atoms with Crippen molar-refractivity contribution in [3.63, 3.8) is 0 Å². The van der Waals surface area contributed by atoms with Crippen molar-refractivity contribution in [2.45, 2.75) is 18.8 Å². The lowest BCUT2D eigenvalue weighted by atomic mass is 9.94. The van der Waals surface area contributed by atoms with Crippen LogP contribution in [0.25, 0.3) is 5.65 Å². The van der Waals surface area contributed by atoms with Crippen LogP contribution in [0.4, 0.5) is 0 Å². The Bertz CT molecular complexity index is 528. The number of hydrogen-bond acceptors (Lipinski definition) is 3. The Morgan fingerprint density at radius 2 is 2.06 bits per heavy atom. The van der Waals surface area contributed by atoms with E-state index in [0.29, 0.717) is 5.92 Å². The molecule has 90 valence electrons. The number of likely N-dealkylation sites (tertiary alicyclic amines) is 1. The first-order chi connectivity index (χ1) is 8.22. The zero-order valence-corrected chi connectivity index (χ0v) is 11.4. The summed E-state index contributed by atoms with van der Waals surface area (Å²) in [5.41, 5.74) is 2.09. The van der Waals surface area contributed by atoms with Gasteiger partial charge < -0.3 is 4.90 Å². The van der Waals surface area contributed by atoms with Gasteiger partial charge in [-0.05, 0) is 61.0 Å². The summed E-state index contributed by atoms with van der Waals surface area (Å²) >= 11 is 3.37. The Kier molecular flexibility index (Phi) is 2.88. The fourth-order valence-electron chi connectivity index (χ4n) is 2.39. The highest BCUT2D eigenvalue weighted by Gasteiger charge is 2.19. The molecule has 0 amide bonds. The number of piperidine rings is 1. The number of rotatable bonds is 1. The van der Waals surface area contributed by atoms with E-state index in [0.717, 1.165) is 23.3 Å². The second-order valence-electron chi connectivity index (χ2n) is 4.70. The molecule has 0 atom stereocenters. The van der Waals surface area contributed by atoms with Gasteiger partial charge in [0, 0.05) is 5.92 Å². The van der Waals surface area contributed by atoms with E-state index in [1.165, 1.54) is 18.5 Å². The summed E-state index contributed by atoms with van der Waals surface area (Å²) in [4.78, 5) is 6.70. The average molecular weight is 295 g/mol. The number of nitrogens with zero attached hydrogens (tertiary/aromatic N) is 4. The molecule has 0 aromatic carbocycles. The SMILES string of the molecule is CN1CCC(c2ccc3nc(Br)cn3n2)CC1. The number of fused-ring (bicyclic) bond motifs is 1. The van der Waals surface area contributed by atoms with Crippen LogP contribution in [0.2, 0.25) is 0 Å². The third kappa shape index (κ3) is 2.21. The van der Waals surface area contributed by atoms with Gasteiger partial charge in [0.15, 0.2) is 5.65 Å². The minimum absolute atomic E-state index is 0.594. The van der Waals surface area contributed by atoms with Gasteiger partial charge in [-0.3, -0.25) is 0 Å². The van der Waals surface area contributed by atoms with Crippen LogP contribution in [0.1, 0.15) is 24.5 Å². The molecule has 17 heavy (non-hydrogen) atoms. The van der Waals surface area contributed by atoms with Gasteiger partial charge in [-0.25, -0.2) is 9.50 Å². The fourth-order valence-corrected chi connectivity index (χ4v) is 2.77. The maximum atomic E-state index is 4.65. The minimum Gasteiger partial charge on any atom is -0.306 e. The van der Waals surface area contributed by atoms with Gasteiger partial charge in [0.2, 0.25) is 0 Å². The highest BCUT2D eigenvalue weighted by atomic mass is 79.9. The zero-order chi connectivity index (χ0) is 11.8. The monoisotopic (exact) mass is 294 g/mol. The van der Waals surface area contributed by atoms with Crippen LogP contribution >= 0.6 is 15.9 Å². The lowest BCUT2D eigenvalue weighted by Gasteiger charge is -2.28. The van der Waals surface area contributed by atoms with Crippen molar-refractivity contribution in [2.75, 3.05) is 20.1 Å². The number of imidazole rings is 1. The summed E-state index contributed by atoms with van der Waals surface area (Å²) < 4.78 is 2.70. The first kappa shape index (κ1) is 11.2. The van der Waals surface area contributed by atoms with Gasteiger partial charge >= 0.3 is 0 Å². The van der Waals surface area contributed by atoms with E-state index in [2.05, 4.69) is 44.0 Å². The highest BCUT2D eigenvalue weighted by Crippen LogP contribution is 2.26. The lowest BCUT2D eigenvalue weighted by molar-refractivity contribution is 0.252. The molecule has 0 bridgehead atoms. The normalized spacial score (nSPS) is 18.9. The maximum Gasteiger partial charge on any atom is 0.154 e. The van der Waals surface area contributed by atoms with Crippen LogP contribution in [0, 0.1) is 0 Å². The first-order valence-electron chi connectivity index (χ1n) is 5.93. The number of aromatic nitrogens is 3. The van der Waals surface area contributed by atoms with E-state index in [-0.39, 0.29) is 0 Å². The fraction of sp³-hybridized carbons (Fsp3) is 0.500. The number of halogens is 1. The molecular weight excluding hydrogens is 280 g/mol. The maximum absolute atomic E-state index is 4.65. The van der Waals surface area contributed by atoms with Gasteiger partial charge in [-0.2, -0.15) is 5.10 Å². The summed E-state index contributed by atoms with van der Waals surface area (Å²) in [5.74, 6) is 0.594. The van der Waals surface area contributed by atoms with Crippen LogP contribution < -0.4 is 0 Å². The molecule has 3 heterocycles. The van der Waals surface area contributed by atoms with Crippen LogP contribution in [0.3, 0.4) is 0 Å². The van der Waals surface area contributed by atoms with Crippen molar-refractivity contribution in [1.82, 2.24) is 19.5 Å². The largest absolute Gasteiger partial charge is 0.306 e. The molecule has 2 aromatic rings. The summed E-state index contributed by atoms with van der Waals surface area (Å²) in [6, 6.07) is 4.16. The zero-order valence-electron chi connectivity index (χ0n) is 9.80. The smallest absolute Gasteiger partial charge is 0.154 e. The molecule has 0 unspecified atom stereocenters. The van der Waals surface area contributed by atoms with Crippen LogP contribution in [-0.4, -0.2) is 39.6 Å². The third-order valence-electron chi connectivity index (χ3n) is 3.45. The van der Waals surface area contributed by atoms with Gasteiger partial charge in [0.1, 0.15) is 4.60 Å². The lowest BCUT2D eigenvalue weighted by Crippen LogP contribution is -2.29. The highest BCUT2D eigenvalue weighted by molar-refractivity contribution is 9.10. The molecule has 4 nitrogen and oxygen atoms in total. The summed E-state index contributed by atoms with van der Waals surface area (Å²) in [7, 11) is 2.18. The number of hydrogen-bond donors (Lipinski definition) is 0. The standard InChI is InChI=1S/C12H15BrN4/c1-16-6-4-9(5-7-16)10-2-3-12-14-11(13)8-17(12)15-10/h2-3,8-9H,4-7H2,1H3. The molecule has 2 aromatic heterocycles. The second-order valence-corrected chi connectivity index (χ2v) is 5.51. The van der Waals surface area contributed by atoms with Gasteiger partial charge in [0.25, 0.3) is 0 Å². The Morgan fingerprint density at radius 1 is 1.29 bits per heavy atom. The van der Waals surface area contributed by atoms with Crippen LogP contribution in [-0.2, 0) is 0 Å². The van der Waals surface area contributed by atoms with E-state index in [4.69, 9.17) is 0 Å². The van der Waals surface area contributed by atoms with E-state index in [1.807, 2.05) is 16.8 Å². The van der Waals surface area contributed by atoms with E-state index < -0.39 is 0 Å². The van der Waals surface area contributed by atoms with Crippen molar-refractivity contribution in [3.8, 4) is 0 Å². The van der Waals surface area contributed by atoms with E-state index in [1.54, 1.807) is 0 Å². The Morgan fingerprint density at radius 3 is 2.82 bits per heavy atom. The molecule has 0 N–H and O–H groups in total. The molecule has 1 saturated heterocycles. The topological polar surface area (TPSA) is 33.4 Å². The Labute approximate surface area is 109 Å². The average Bonchev–Trinajstić information content (AvgIpc) is 2.69. The van der Waals surface area contributed by atoms with Gasteiger partial charge in [-0.15, -0.1) is 0 Å². The molecular formula is C12H15BrN4. The molecule has 0 aliphatic carbocycles. The molecule has 0 saturated carbocycles. The molecule has 3 rings (SSSR count). The minimum atomic E-state index is 0.594. The Hall–Kier alpha value is -0.940. The summed E-state index contributed by atoms with van der Waals surface area (Å²) in [5, 5.41) is 4.65. The third-order valence-corrected chi connectivity index (χ3v) is 3.83. The summed E-state index contributed by atoms with van der Waals surface area (Å²) in [6.07, 6.45) is 4.31. The molecule has 1 fully saturated rings. The van der Waals surface area contributed by atoms with Gasteiger partial charge in [-0.1, -0.05) is 0 Å². The molecule has 1 aliphatic heterocycles. The van der Waals surface area contributed by atoms with Crippen molar-refractivity contribution in [1.29, 1.82) is 0 Å². The van der Waals surface area contributed by atoms with Crippen molar-refractivity contribution in [2.24, 2.45) is 0 Å². The van der Waals surface area contributed by atoms with Crippen molar-refractivity contribution >= 4 is 21.6 Å². The van der Waals surface area contributed by atoms with E-state index in [9.17, 15) is 0 Å². The molecule has 0 spiro atoms. The van der Waals surface area contributed by atoms with E-state index >= 15 is 0 Å². The predicted octanol–water partition coefficient (Wildman–Crippen LogP) is 2.30. The molecule has 5 heteroatoms. The summed E-state index contributed by atoms with van der Waals surface area (Å²) in [6.45, 7) is 2.33. The van der Waals surface area contributed by atoms with Crippen molar-refractivity contribution < 1.29 is 0 Å². The van der Waals surface area contributed by atoms with Crippen LogP contribution in [0.15, 0.2) is 22.9 Å². The second kappa shape index (κ2) is 4.38. The predicted molar refractivity (Wildman–Crippen MR) is 70.2 cm³/mol. The first-order valence-corrected chi connectivity index (χ1v) is 6.72. The quantitative estimate of drug-likeness (QED) is 0.809.